The molecule has 3 rings (SSSR count). The Morgan fingerprint density at radius 3 is 2.50 bits per heavy atom. The maximum atomic E-state index is 15.2. The molecule has 4 N–H and O–H groups in total. The minimum absolute atomic E-state index is 0.127. The molecule has 0 amide bonds. The minimum Gasteiger partial charge on any atom is -0.489 e. The molecule has 0 aromatic heterocycles. The highest BCUT2D eigenvalue weighted by Crippen LogP contribution is 2.32. The maximum Gasteiger partial charge on any atom is 0.307 e. The van der Waals surface area contributed by atoms with Crippen LogP contribution in [0, 0.1) is 5.82 Å². The van der Waals surface area contributed by atoms with Crippen LogP contribution >= 0.6 is 0 Å². The number of carbonyl (C=O) groups is 1. The normalized spacial score (nSPS) is 12.4. The number of para-hydroxylation sites is 1. The van der Waals surface area contributed by atoms with Crippen molar-refractivity contribution in [2.24, 2.45) is 5.73 Å². The molecule has 0 spiro atoms. The number of aliphatic hydroxyl groups is 1. The van der Waals surface area contributed by atoms with Crippen molar-refractivity contribution in [3.05, 3.63) is 88.7 Å². The fraction of sp³-hybridized carbons (Fsp3) is 0.269. The van der Waals surface area contributed by atoms with Crippen LogP contribution in [-0.2, 0) is 23.4 Å². The van der Waals surface area contributed by atoms with Gasteiger partial charge in [0.2, 0.25) is 0 Å². The molecule has 0 unspecified atom stereocenters. The fourth-order valence-electron chi connectivity index (χ4n) is 3.52. The van der Waals surface area contributed by atoms with Gasteiger partial charge in [-0.3, -0.25) is 4.79 Å². The van der Waals surface area contributed by atoms with Gasteiger partial charge >= 0.3 is 5.97 Å². The molecule has 0 bridgehead atoms. The molecule has 32 heavy (non-hydrogen) atoms. The standard InChI is InChI=1S/C26H28FNO4/c1-16(28)21-8-6-9-22(25(21)27)19-11-17(12-20(13-19)26(2,3)31)15-32-23-10-5-4-7-18(23)14-24(29)30/h4-13,16,31H,14-15,28H2,1-3H3,(H,29,30)/t16-/m1/s1. The van der Waals surface area contributed by atoms with E-state index in [0.29, 0.717) is 33.6 Å². The summed E-state index contributed by atoms with van der Waals surface area (Å²) in [6.07, 6.45) is -0.152. The molecule has 0 fully saturated rings. The van der Waals surface area contributed by atoms with E-state index in [1.165, 1.54) is 0 Å². The Bertz CT molecular complexity index is 1120. The van der Waals surface area contributed by atoms with Gasteiger partial charge in [-0.25, -0.2) is 4.39 Å². The van der Waals surface area contributed by atoms with Gasteiger partial charge in [-0.15, -0.1) is 0 Å². The number of hydrogen-bond donors (Lipinski definition) is 3. The average Bonchev–Trinajstić information content (AvgIpc) is 2.72. The third-order valence-corrected chi connectivity index (χ3v) is 5.24. The van der Waals surface area contributed by atoms with Gasteiger partial charge < -0.3 is 20.7 Å². The quantitative estimate of drug-likeness (QED) is 0.464. The van der Waals surface area contributed by atoms with Crippen LogP contribution in [0.4, 0.5) is 4.39 Å². The van der Waals surface area contributed by atoms with E-state index in [1.807, 2.05) is 0 Å². The predicted molar refractivity (Wildman–Crippen MR) is 122 cm³/mol. The van der Waals surface area contributed by atoms with Gasteiger partial charge in [-0.2, -0.15) is 0 Å². The molecule has 0 saturated carbocycles. The Hall–Kier alpha value is -3.22. The zero-order valence-electron chi connectivity index (χ0n) is 18.4. The second-order valence-corrected chi connectivity index (χ2v) is 8.44. The number of aliphatic carboxylic acids is 1. The topological polar surface area (TPSA) is 92.8 Å². The lowest BCUT2D eigenvalue weighted by Gasteiger charge is -2.21. The summed E-state index contributed by atoms with van der Waals surface area (Å²) in [6.45, 7) is 5.17. The summed E-state index contributed by atoms with van der Waals surface area (Å²) in [7, 11) is 0. The van der Waals surface area contributed by atoms with Crippen LogP contribution in [0.1, 0.15) is 49.1 Å². The van der Waals surface area contributed by atoms with E-state index in [2.05, 4.69) is 0 Å². The van der Waals surface area contributed by atoms with Crippen molar-refractivity contribution >= 4 is 5.97 Å². The summed E-state index contributed by atoms with van der Waals surface area (Å²) < 4.78 is 21.1. The lowest BCUT2D eigenvalue weighted by molar-refractivity contribution is -0.136. The lowest BCUT2D eigenvalue weighted by Crippen LogP contribution is -2.16. The number of halogens is 1. The molecule has 0 aliphatic heterocycles. The van der Waals surface area contributed by atoms with Crippen LogP contribution in [-0.4, -0.2) is 16.2 Å². The van der Waals surface area contributed by atoms with Crippen LogP contribution in [0.15, 0.2) is 60.7 Å². The van der Waals surface area contributed by atoms with Gasteiger partial charge in [-0.1, -0.05) is 36.4 Å². The van der Waals surface area contributed by atoms with Crippen molar-refractivity contribution in [3.63, 3.8) is 0 Å². The largest absolute Gasteiger partial charge is 0.489 e. The number of carboxylic acid groups (broad SMARTS) is 1. The number of benzene rings is 3. The average molecular weight is 438 g/mol. The zero-order chi connectivity index (χ0) is 23.5. The molecule has 168 valence electrons. The molecule has 1 atom stereocenters. The number of carboxylic acids is 1. The monoisotopic (exact) mass is 437 g/mol. The first kappa shape index (κ1) is 23.4. The second-order valence-electron chi connectivity index (χ2n) is 8.44. The molecule has 6 heteroatoms. The molecule has 0 saturated heterocycles. The van der Waals surface area contributed by atoms with Crippen molar-refractivity contribution in [3.8, 4) is 16.9 Å². The number of nitrogens with two attached hydrogens (primary N) is 1. The number of rotatable bonds is 8. The highest BCUT2D eigenvalue weighted by Gasteiger charge is 2.20. The van der Waals surface area contributed by atoms with Crippen molar-refractivity contribution in [1.29, 1.82) is 0 Å². The molecule has 5 nitrogen and oxygen atoms in total. The molecule has 0 aliphatic carbocycles. The summed E-state index contributed by atoms with van der Waals surface area (Å²) >= 11 is 0. The van der Waals surface area contributed by atoms with Crippen LogP contribution in [0.2, 0.25) is 0 Å². The van der Waals surface area contributed by atoms with Gasteiger partial charge in [0.25, 0.3) is 0 Å². The molecular weight excluding hydrogens is 409 g/mol. The van der Waals surface area contributed by atoms with E-state index >= 15 is 4.39 Å². The molecular formula is C26H28FNO4. The Morgan fingerprint density at radius 1 is 1.12 bits per heavy atom. The molecule has 3 aromatic rings. The maximum absolute atomic E-state index is 15.2. The summed E-state index contributed by atoms with van der Waals surface area (Å²) in [5, 5.41) is 19.7. The Kier molecular flexibility index (Phi) is 6.96. The van der Waals surface area contributed by atoms with Crippen LogP contribution in [0.3, 0.4) is 0 Å². The first-order chi connectivity index (χ1) is 15.1. The number of ether oxygens (including phenoxy) is 1. The van der Waals surface area contributed by atoms with E-state index in [9.17, 15) is 9.90 Å². The second kappa shape index (κ2) is 9.51. The third-order valence-electron chi connectivity index (χ3n) is 5.24. The van der Waals surface area contributed by atoms with E-state index in [-0.39, 0.29) is 13.0 Å². The van der Waals surface area contributed by atoms with E-state index in [1.54, 1.807) is 81.4 Å². The summed E-state index contributed by atoms with van der Waals surface area (Å²) in [6, 6.07) is 16.9. The first-order valence-corrected chi connectivity index (χ1v) is 10.4. The summed E-state index contributed by atoms with van der Waals surface area (Å²) in [5.41, 5.74) is 8.05. The zero-order valence-corrected chi connectivity index (χ0v) is 18.4. The highest BCUT2D eigenvalue weighted by atomic mass is 19.1. The molecule has 3 aromatic carbocycles. The van der Waals surface area contributed by atoms with Crippen molar-refractivity contribution in [2.75, 3.05) is 0 Å². The highest BCUT2D eigenvalue weighted by molar-refractivity contribution is 5.71. The summed E-state index contributed by atoms with van der Waals surface area (Å²) in [4.78, 5) is 11.1. The fourth-order valence-corrected chi connectivity index (χ4v) is 3.52. The van der Waals surface area contributed by atoms with Gasteiger partial charge in [0, 0.05) is 22.7 Å². The van der Waals surface area contributed by atoms with Crippen LogP contribution in [0.5, 0.6) is 5.75 Å². The Morgan fingerprint density at radius 2 is 1.84 bits per heavy atom. The van der Waals surface area contributed by atoms with E-state index in [0.717, 1.165) is 5.56 Å². The van der Waals surface area contributed by atoms with E-state index in [4.69, 9.17) is 15.6 Å². The van der Waals surface area contributed by atoms with Gasteiger partial charge in [0.15, 0.2) is 0 Å². The van der Waals surface area contributed by atoms with Crippen molar-refractivity contribution < 1.29 is 24.1 Å². The van der Waals surface area contributed by atoms with Crippen molar-refractivity contribution in [1.82, 2.24) is 0 Å². The smallest absolute Gasteiger partial charge is 0.307 e. The van der Waals surface area contributed by atoms with Crippen LogP contribution in [0.25, 0.3) is 11.1 Å². The minimum atomic E-state index is -1.15. The first-order valence-electron chi connectivity index (χ1n) is 10.4. The molecule has 0 radical (unpaired) electrons. The number of hydrogen-bond acceptors (Lipinski definition) is 4. The lowest BCUT2D eigenvalue weighted by atomic mass is 9.91. The van der Waals surface area contributed by atoms with Crippen LogP contribution < -0.4 is 10.5 Å². The predicted octanol–water partition coefficient (Wildman–Crippen LogP) is 4.95. The van der Waals surface area contributed by atoms with Gasteiger partial charge in [0.05, 0.1) is 12.0 Å². The Labute approximate surface area is 187 Å². The van der Waals surface area contributed by atoms with Gasteiger partial charge in [-0.05, 0) is 61.7 Å². The van der Waals surface area contributed by atoms with Crippen molar-refractivity contribution in [2.45, 2.75) is 45.4 Å². The van der Waals surface area contributed by atoms with Gasteiger partial charge in [0.1, 0.15) is 18.2 Å². The Balaban J connectivity index is 2.00. The molecule has 0 aliphatic rings. The SMILES string of the molecule is C[C@@H](N)c1cccc(-c2cc(COc3ccccc3CC(=O)O)cc(C(C)(C)O)c2)c1F. The third kappa shape index (κ3) is 5.52. The van der Waals surface area contributed by atoms with E-state index < -0.39 is 23.4 Å². The summed E-state index contributed by atoms with van der Waals surface area (Å²) in [5.74, 6) is -0.874. The molecule has 0 heterocycles.